The quantitative estimate of drug-likeness (QED) is 0.544. The van der Waals surface area contributed by atoms with Crippen LogP contribution in [-0.4, -0.2) is 17.0 Å². The van der Waals surface area contributed by atoms with E-state index in [1.807, 2.05) is 12.1 Å². The lowest BCUT2D eigenvalue weighted by atomic mass is 9.96. The summed E-state index contributed by atoms with van der Waals surface area (Å²) in [6.07, 6.45) is 2.98. The number of hydrogen-bond donors (Lipinski definition) is 0. The molecule has 0 fully saturated rings. The van der Waals surface area contributed by atoms with Crippen molar-refractivity contribution in [2.45, 2.75) is 0 Å². The Bertz CT molecular complexity index is 391. The highest BCUT2D eigenvalue weighted by atomic mass is 16.2. The molecule has 0 amide bonds. The van der Waals surface area contributed by atoms with Crippen LogP contribution in [0.15, 0.2) is 30.3 Å². The molecular weight excluding hydrogens is 168 g/mol. The topological polar surface area (TPSA) is 65.6 Å². The molecule has 1 aromatic rings. The summed E-state index contributed by atoms with van der Waals surface area (Å²) in [7, 11) is 0. The van der Waals surface area contributed by atoms with Crippen molar-refractivity contribution in [2.24, 2.45) is 0 Å². The summed E-state index contributed by atoms with van der Waals surface area (Å²) in [5.41, 5.74) is 1.33. The molecule has 1 aromatic carbocycles. The molecule has 0 unspecified atom stereocenters. The van der Waals surface area contributed by atoms with Crippen LogP contribution in [0.1, 0.15) is 15.9 Å². The second-order valence-corrected chi connectivity index (χ2v) is 2.61. The van der Waals surface area contributed by atoms with E-state index in [9.17, 15) is 9.59 Å². The summed E-state index contributed by atoms with van der Waals surface area (Å²) in [6.45, 7) is 0. The molecule has 3 heteroatoms. The minimum Gasteiger partial charge on any atom is -0.412 e. The fraction of sp³-hybridized carbons (Fsp3) is 0. The van der Waals surface area contributed by atoms with Crippen LogP contribution in [0.5, 0.6) is 0 Å². The van der Waals surface area contributed by atoms with Gasteiger partial charge in [0.2, 0.25) is 11.6 Å². The molecule has 0 saturated heterocycles. The number of ketones is 2. The number of Topliss-reactive ketones (excluding diaryl/α,β-unsaturated/α-hetero) is 1. The third-order valence-electron chi connectivity index (χ3n) is 1.84. The van der Waals surface area contributed by atoms with Gasteiger partial charge in [0.15, 0.2) is 0 Å². The zero-order valence-corrected chi connectivity index (χ0v) is 6.78. The first-order valence-electron chi connectivity index (χ1n) is 3.65. The Hall–Kier alpha value is -1.74. The second kappa shape index (κ2) is 3.33. The SMILES string of the molecule is O.O=C1C=Cc2ccccc2C1=O. The van der Waals surface area contributed by atoms with Gasteiger partial charge in [-0.3, -0.25) is 9.59 Å². The summed E-state index contributed by atoms with van der Waals surface area (Å²) in [5, 5.41) is 0. The minimum absolute atomic E-state index is 0. The van der Waals surface area contributed by atoms with Gasteiger partial charge in [0, 0.05) is 5.56 Å². The van der Waals surface area contributed by atoms with Crippen LogP contribution in [0.2, 0.25) is 0 Å². The van der Waals surface area contributed by atoms with Crippen LogP contribution in [-0.2, 0) is 4.79 Å². The predicted octanol–water partition coefficient (Wildman–Crippen LogP) is 0.641. The monoisotopic (exact) mass is 176 g/mol. The van der Waals surface area contributed by atoms with Gasteiger partial charge in [-0.15, -0.1) is 0 Å². The Morgan fingerprint density at radius 2 is 1.62 bits per heavy atom. The molecule has 1 aliphatic carbocycles. The zero-order valence-electron chi connectivity index (χ0n) is 6.78. The highest BCUT2D eigenvalue weighted by Gasteiger charge is 2.19. The lowest BCUT2D eigenvalue weighted by Crippen LogP contribution is -2.15. The Morgan fingerprint density at radius 3 is 2.38 bits per heavy atom. The van der Waals surface area contributed by atoms with Crippen LogP contribution in [0.4, 0.5) is 0 Å². The molecule has 1 aliphatic rings. The summed E-state index contributed by atoms with van der Waals surface area (Å²) in [5.74, 6) is -0.846. The van der Waals surface area contributed by atoms with Crippen molar-refractivity contribution in [3.05, 3.63) is 41.5 Å². The number of rotatable bonds is 0. The Kier molecular flexibility index (Phi) is 2.39. The predicted molar refractivity (Wildman–Crippen MR) is 48.4 cm³/mol. The first kappa shape index (κ1) is 9.35. The van der Waals surface area contributed by atoms with Crippen LogP contribution in [0, 0.1) is 0 Å². The van der Waals surface area contributed by atoms with Crippen molar-refractivity contribution < 1.29 is 15.1 Å². The molecule has 0 atom stereocenters. The summed E-state index contributed by atoms with van der Waals surface area (Å²) >= 11 is 0. The van der Waals surface area contributed by atoms with Crippen molar-refractivity contribution in [3.8, 4) is 0 Å². The maximum atomic E-state index is 11.2. The third-order valence-corrected chi connectivity index (χ3v) is 1.84. The molecule has 2 rings (SSSR count). The van der Waals surface area contributed by atoms with Gasteiger partial charge in [0.05, 0.1) is 0 Å². The molecule has 0 saturated carbocycles. The molecule has 2 N–H and O–H groups in total. The minimum atomic E-state index is -0.436. The standard InChI is InChI=1S/C10H6O2.H2O/c11-9-6-5-7-3-1-2-4-8(7)10(9)12;/h1-6H;1H2. The second-order valence-electron chi connectivity index (χ2n) is 2.61. The van der Waals surface area contributed by atoms with E-state index < -0.39 is 11.6 Å². The number of benzene rings is 1. The van der Waals surface area contributed by atoms with E-state index in [4.69, 9.17) is 0 Å². The van der Waals surface area contributed by atoms with Crippen molar-refractivity contribution in [1.29, 1.82) is 0 Å². The smallest absolute Gasteiger partial charge is 0.233 e. The maximum absolute atomic E-state index is 11.2. The van der Waals surface area contributed by atoms with Gasteiger partial charge < -0.3 is 5.48 Å². The Balaban J connectivity index is 0.000000845. The zero-order chi connectivity index (χ0) is 8.55. The lowest BCUT2D eigenvalue weighted by Gasteiger charge is -2.06. The van der Waals surface area contributed by atoms with Gasteiger partial charge in [-0.25, -0.2) is 0 Å². The van der Waals surface area contributed by atoms with Crippen LogP contribution < -0.4 is 0 Å². The van der Waals surface area contributed by atoms with Gasteiger partial charge >= 0.3 is 0 Å². The van der Waals surface area contributed by atoms with E-state index in [1.54, 1.807) is 18.2 Å². The van der Waals surface area contributed by atoms with Crippen molar-refractivity contribution in [1.82, 2.24) is 0 Å². The van der Waals surface area contributed by atoms with Crippen molar-refractivity contribution in [3.63, 3.8) is 0 Å². The van der Waals surface area contributed by atoms with E-state index in [2.05, 4.69) is 0 Å². The van der Waals surface area contributed by atoms with Crippen LogP contribution >= 0.6 is 0 Å². The van der Waals surface area contributed by atoms with Gasteiger partial charge in [-0.05, 0) is 11.6 Å². The fourth-order valence-corrected chi connectivity index (χ4v) is 1.22. The summed E-state index contributed by atoms with van der Waals surface area (Å²) in [6, 6.07) is 7.07. The first-order chi connectivity index (χ1) is 5.79. The summed E-state index contributed by atoms with van der Waals surface area (Å²) < 4.78 is 0. The van der Waals surface area contributed by atoms with Crippen molar-refractivity contribution in [2.75, 3.05) is 0 Å². The number of carbonyl (C=O) groups is 2. The average Bonchev–Trinajstić information content (AvgIpc) is 2.12. The molecule has 66 valence electrons. The highest BCUT2D eigenvalue weighted by molar-refractivity contribution is 6.49. The van der Waals surface area contributed by atoms with Crippen molar-refractivity contribution >= 4 is 17.6 Å². The lowest BCUT2D eigenvalue weighted by molar-refractivity contribution is -0.110. The molecule has 3 nitrogen and oxygen atoms in total. The van der Waals surface area contributed by atoms with Gasteiger partial charge in [-0.1, -0.05) is 30.3 Å². The fourth-order valence-electron chi connectivity index (χ4n) is 1.22. The maximum Gasteiger partial charge on any atom is 0.233 e. The van der Waals surface area contributed by atoms with Crippen LogP contribution in [0.25, 0.3) is 6.08 Å². The van der Waals surface area contributed by atoms with E-state index in [1.165, 1.54) is 6.08 Å². The molecule has 13 heavy (non-hydrogen) atoms. The molecule has 0 spiro atoms. The van der Waals surface area contributed by atoms with Gasteiger partial charge in [0.25, 0.3) is 0 Å². The largest absolute Gasteiger partial charge is 0.412 e. The number of fused-ring (bicyclic) bond motifs is 1. The van der Waals surface area contributed by atoms with E-state index in [0.717, 1.165) is 5.56 Å². The van der Waals surface area contributed by atoms with E-state index in [-0.39, 0.29) is 5.48 Å². The van der Waals surface area contributed by atoms with E-state index >= 15 is 0 Å². The third kappa shape index (κ3) is 1.41. The summed E-state index contributed by atoms with van der Waals surface area (Å²) in [4.78, 5) is 22.1. The van der Waals surface area contributed by atoms with E-state index in [0.29, 0.717) is 5.56 Å². The Morgan fingerprint density at radius 1 is 0.923 bits per heavy atom. The van der Waals surface area contributed by atoms with Crippen LogP contribution in [0.3, 0.4) is 0 Å². The average molecular weight is 176 g/mol. The molecule has 0 radical (unpaired) electrons. The Labute approximate surface area is 75.0 Å². The van der Waals surface area contributed by atoms with Gasteiger partial charge in [-0.2, -0.15) is 0 Å². The molecule has 0 aliphatic heterocycles. The highest BCUT2D eigenvalue weighted by Crippen LogP contribution is 2.16. The molecular formula is C10H8O3. The molecule has 0 bridgehead atoms. The van der Waals surface area contributed by atoms with Gasteiger partial charge in [0.1, 0.15) is 0 Å². The number of carbonyl (C=O) groups excluding carboxylic acids is 2. The molecule has 0 heterocycles. The number of hydrogen-bond acceptors (Lipinski definition) is 2. The first-order valence-corrected chi connectivity index (χ1v) is 3.65. The normalized spacial score (nSPS) is 13.5. The number of allylic oxidation sites excluding steroid dienone is 1. The molecule has 0 aromatic heterocycles.